The van der Waals surface area contributed by atoms with Crippen molar-refractivity contribution in [3.8, 4) is 11.1 Å². The van der Waals surface area contributed by atoms with Crippen molar-refractivity contribution in [1.29, 1.82) is 0 Å². The maximum absolute atomic E-state index is 13.3. The maximum Gasteiger partial charge on any atom is 0.163 e. The Morgan fingerprint density at radius 2 is 1.70 bits per heavy atom. The summed E-state index contributed by atoms with van der Waals surface area (Å²) in [5, 5.41) is 0. The predicted octanol–water partition coefficient (Wildman–Crippen LogP) is 7.10. The van der Waals surface area contributed by atoms with Crippen molar-refractivity contribution in [2.24, 2.45) is 17.8 Å². The second-order valence-corrected chi connectivity index (χ2v) is 9.99. The molecule has 176 valence electrons. The molecule has 0 radical (unpaired) electrons. The lowest BCUT2D eigenvalue weighted by molar-refractivity contribution is -0.129. The van der Waals surface area contributed by atoms with Crippen molar-refractivity contribution in [3.05, 3.63) is 58.7 Å². The van der Waals surface area contributed by atoms with Crippen LogP contribution in [0.2, 0.25) is 0 Å². The van der Waals surface area contributed by atoms with Gasteiger partial charge in [-0.1, -0.05) is 68.7 Å². The van der Waals surface area contributed by atoms with Gasteiger partial charge in [-0.15, -0.1) is 0 Å². The first-order chi connectivity index (χ1) is 15.7. The van der Waals surface area contributed by atoms with Crippen molar-refractivity contribution in [3.63, 3.8) is 0 Å². The first-order valence-corrected chi connectivity index (χ1v) is 12.5. The number of ketones is 3. The summed E-state index contributed by atoms with van der Waals surface area (Å²) in [5.74, 6) is 0.590. The van der Waals surface area contributed by atoms with E-state index in [9.17, 15) is 14.4 Å². The number of aryl methyl sites for hydroxylation is 2. The molecular formula is C30H38O3. The highest BCUT2D eigenvalue weighted by Gasteiger charge is 2.33. The molecular weight excluding hydrogens is 408 g/mol. The third kappa shape index (κ3) is 5.88. The molecule has 0 aliphatic heterocycles. The quantitative estimate of drug-likeness (QED) is 0.366. The molecule has 0 amide bonds. The van der Waals surface area contributed by atoms with Gasteiger partial charge in [-0.25, -0.2) is 0 Å². The van der Waals surface area contributed by atoms with Gasteiger partial charge < -0.3 is 0 Å². The topological polar surface area (TPSA) is 51.2 Å². The molecule has 3 rings (SSSR count). The Hall–Kier alpha value is -2.55. The van der Waals surface area contributed by atoms with E-state index in [2.05, 4.69) is 50.2 Å². The second-order valence-electron chi connectivity index (χ2n) is 9.99. The van der Waals surface area contributed by atoms with Gasteiger partial charge in [0.2, 0.25) is 0 Å². The Morgan fingerprint density at radius 3 is 2.30 bits per heavy atom. The summed E-state index contributed by atoms with van der Waals surface area (Å²) in [6.45, 7) is 9.80. The van der Waals surface area contributed by atoms with Crippen LogP contribution in [0.15, 0.2) is 36.4 Å². The predicted molar refractivity (Wildman–Crippen MR) is 135 cm³/mol. The van der Waals surface area contributed by atoms with Crippen LogP contribution in [0, 0.1) is 31.6 Å². The highest BCUT2D eigenvalue weighted by Crippen LogP contribution is 2.40. The highest BCUT2D eigenvalue weighted by atomic mass is 16.1. The Morgan fingerprint density at radius 1 is 1.00 bits per heavy atom. The standard InChI is InChI=1S/C30H38O3/c1-6-8-24(25(7-2)28(32)15-21(5)31)16-22-17-27-26(23-12-9-19(3)10-13-23)14-11-20(4)30(27)29(33)18-22/h9-14,22,24-25H,6-8,15-18H2,1-5H3. The lowest BCUT2D eigenvalue weighted by Gasteiger charge is -2.32. The minimum atomic E-state index is -0.0978. The molecule has 3 unspecified atom stereocenters. The van der Waals surface area contributed by atoms with Gasteiger partial charge in [0.25, 0.3) is 0 Å². The average Bonchev–Trinajstić information content (AvgIpc) is 2.74. The highest BCUT2D eigenvalue weighted by molar-refractivity contribution is 6.02. The monoisotopic (exact) mass is 446 g/mol. The first kappa shape index (κ1) is 25.1. The maximum atomic E-state index is 13.3. The molecule has 3 heteroatoms. The van der Waals surface area contributed by atoms with Gasteiger partial charge >= 0.3 is 0 Å². The molecule has 0 bridgehead atoms. The zero-order chi connectivity index (χ0) is 24.1. The molecule has 3 nitrogen and oxygen atoms in total. The van der Waals surface area contributed by atoms with Crippen LogP contribution >= 0.6 is 0 Å². The molecule has 1 aliphatic carbocycles. The fraction of sp³-hybridized carbons (Fsp3) is 0.500. The van der Waals surface area contributed by atoms with Crippen LogP contribution in [-0.2, 0) is 16.0 Å². The third-order valence-corrected chi connectivity index (χ3v) is 7.27. The van der Waals surface area contributed by atoms with Crippen LogP contribution in [0.3, 0.4) is 0 Å². The largest absolute Gasteiger partial charge is 0.300 e. The molecule has 0 spiro atoms. The summed E-state index contributed by atoms with van der Waals surface area (Å²) in [6, 6.07) is 12.7. The van der Waals surface area contributed by atoms with Crippen LogP contribution in [-0.4, -0.2) is 17.3 Å². The molecule has 33 heavy (non-hydrogen) atoms. The summed E-state index contributed by atoms with van der Waals surface area (Å²) in [5.41, 5.74) is 6.64. The number of hydrogen-bond donors (Lipinski definition) is 0. The van der Waals surface area contributed by atoms with E-state index in [1.165, 1.54) is 18.1 Å². The van der Waals surface area contributed by atoms with Gasteiger partial charge in [0.15, 0.2) is 5.78 Å². The molecule has 0 saturated heterocycles. The zero-order valence-corrected chi connectivity index (χ0v) is 20.9. The van der Waals surface area contributed by atoms with Gasteiger partial charge in [0, 0.05) is 17.9 Å². The summed E-state index contributed by atoms with van der Waals surface area (Å²) in [4.78, 5) is 37.7. The van der Waals surface area contributed by atoms with Crippen LogP contribution in [0.1, 0.15) is 86.3 Å². The number of carbonyl (C=O) groups excluding carboxylic acids is 3. The molecule has 0 fully saturated rings. The lowest BCUT2D eigenvalue weighted by atomic mass is 9.71. The van der Waals surface area contributed by atoms with E-state index in [1.54, 1.807) is 0 Å². The Bertz CT molecular complexity index is 1020. The van der Waals surface area contributed by atoms with Crippen molar-refractivity contribution in [2.75, 3.05) is 0 Å². The fourth-order valence-electron chi connectivity index (χ4n) is 5.74. The SMILES string of the molecule is CCCC(CC1CC(=O)c2c(C)ccc(-c3ccc(C)cc3)c2C1)C(CC)C(=O)CC(C)=O. The van der Waals surface area contributed by atoms with Crippen LogP contribution < -0.4 is 0 Å². The van der Waals surface area contributed by atoms with Crippen LogP contribution in [0.4, 0.5) is 0 Å². The van der Waals surface area contributed by atoms with E-state index in [4.69, 9.17) is 0 Å². The minimum Gasteiger partial charge on any atom is -0.300 e. The molecule has 0 saturated carbocycles. The smallest absolute Gasteiger partial charge is 0.163 e. The van der Waals surface area contributed by atoms with E-state index in [0.29, 0.717) is 6.42 Å². The average molecular weight is 447 g/mol. The first-order valence-electron chi connectivity index (χ1n) is 12.5. The van der Waals surface area contributed by atoms with Crippen molar-refractivity contribution in [1.82, 2.24) is 0 Å². The van der Waals surface area contributed by atoms with Gasteiger partial charge in [0.05, 0.1) is 6.42 Å². The van der Waals surface area contributed by atoms with Gasteiger partial charge in [-0.05, 0) is 74.1 Å². The summed E-state index contributed by atoms with van der Waals surface area (Å²) < 4.78 is 0. The Labute approximate surface area is 199 Å². The number of Topliss-reactive ketones (excluding diaryl/α,β-unsaturated/α-hetero) is 3. The van der Waals surface area contributed by atoms with Crippen LogP contribution in [0.5, 0.6) is 0 Å². The molecule has 0 aromatic heterocycles. The number of hydrogen-bond acceptors (Lipinski definition) is 3. The summed E-state index contributed by atoms with van der Waals surface area (Å²) >= 11 is 0. The molecule has 3 atom stereocenters. The molecule has 0 N–H and O–H groups in total. The summed E-state index contributed by atoms with van der Waals surface area (Å²) in [7, 11) is 0. The Balaban J connectivity index is 1.91. The number of rotatable bonds is 10. The van der Waals surface area contributed by atoms with Gasteiger partial charge in [-0.2, -0.15) is 0 Å². The second kappa shape index (κ2) is 11.0. The summed E-state index contributed by atoms with van der Waals surface area (Å²) in [6.07, 6.45) is 5.01. The minimum absolute atomic E-state index is 0.0297. The number of fused-ring (bicyclic) bond motifs is 1. The molecule has 0 heterocycles. The van der Waals surface area contributed by atoms with E-state index in [-0.39, 0.29) is 41.5 Å². The van der Waals surface area contributed by atoms with Crippen molar-refractivity contribution >= 4 is 17.3 Å². The van der Waals surface area contributed by atoms with Gasteiger partial charge in [0.1, 0.15) is 11.6 Å². The fourth-order valence-corrected chi connectivity index (χ4v) is 5.74. The molecule has 1 aliphatic rings. The van der Waals surface area contributed by atoms with Crippen LogP contribution in [0.25, 0.3) is 11.1 Å². The normalized spacial score (nSPS) is 17.4. The van der Waals surface area contributed by atoms with Crippen molar-refractivity contribution < 1.29 is 14.4 Å². The van der Waals surface area contributed by atoms with Crippen molar-refractivity contribution in [2.45, 2.75) is 79.6 Å². The number of benzene rings is 2. The zero-order valence-electron chi connectivity index (χ0n) is 20.9. The van der Waals surface area contributed by atoms with E-state index in [1.807, 2.05) is 13.8 Å². The van der Waals surface area contributed by atoms with E-state index in [0.717, 1.165) is 54.4 Å². The molecule has 2 aromatic rings. The van der Waals surface area contributed by atoms with E-state index >= 15 is 0 Å². The third-order valence-electron chi connectivity index (χ3n) is 7.27. The number of carbonyl (C=O) groups is 3. The van der Waals surface area contributed by atoms with Gasteiger partial charge in [-0.3, -0.25) is 14.4 Å². The van der Waals surface area contributed by atoms with E-state index < -0.39 is 0 Å². The molecule has 2 aromatic carbocycles. The lowest BCUT2D eigenvalue weighted by Crippen LogP contribution is -2.30. The Kier molecular flexibility index (Phi) is 8.40.